The zero-order valence-electron chi connectivity index (χ0n) is 45.6. The predicted molar refractivity (Wildman–Crippen MR) is 294 cm³/mol. The van der Waals surface area contributed by atoms with E-state index >= 15 is 0 Å². The number of ether oxygens (including phenoxy) is 2. The van der Waals surface area contributed by atoms with Crippen LogP contribution < -0.4 is 52.2 Å². The summed E-state index contributed by atoms with van der Waals surface area (Å²) < 4.78 is 55.4. The van der Waals surface area contributed by atoms with Crippen LogP contribution in [-0.4, -0.2) is 166 Å². The van der Waals surface area contributed by atoms with Crippen LogP contribution in [0.2, 0.25) is 0 Å². The van der Waals surface area contributed by atoms with E-state index in [-0.39, 0.29) is 33.1 Å². The van der Waals surface area contributed by atoms with Crippen LogP contribution in [0.25, 0.3) is 11.6 Å². The molecule has 8 rings (SSSR count). The normalized spacial score (nSPS) is 17.3. The molecule has 2 aliphatic rings. The quantitative estimate of drug-likeness (QED) is 0.0104. The van der Waals surface area contributed by atoms with E-state index in [0.29, 0.717) is 47.9 Å². The first kappa shape index (κ1) is 61.8. The summed E-state index contributed by atoms with van der Waals surface area (Å²) in [6.07, 6.45) is 11.6. The average Bonchev–Trinajstić information content (AvgIpc) is 2.37. The molecule has 12 N–H and O–H groups in total. The van der Waals surface area contributed by atoms with E-state index in [0.717, 1.165) is 35.5 Å². The van der Waals surface area contributed by atoms with Crippen LogP contribution in [0, 0.1) is 0 Å². The second kappa shape index (κ2) is 26.1. The average molecular weight is 1240 g/mol. The number of hydrogen-bond acceptors (Lipinski definition) is 26. The molecule has 0 aromatic carbocycles. The minimum absolute atomic E-state index is 0.0193. The summed E-state index contributed by atoms with van der Waals surface area (Å²) in [6, 6.07) is 3.31. The molecule has 0 unspecified atom stereocenters. The number of thiazole rings is 2. The molecule has 8 heterocycles. The summed E-state index contributed by atoms with van der Waals surface area (Å²) in [6.45, 7) is 6.47. The fourth-order valence-electron chi connectivity index (χ4n) is 8.01. The van der Waals surface area contributed by atoms with Crippen molar-refractivity contribution >= 4 is 90.3 Å². The number of nitrogen functional groups attached to an aromatic ring is 2. The molecule has 2 aliphatic heterocycles. The van der Waals surface area contributed by atoms with Gasteiger partial charge in [-0.25, -0.2) is 38.7 Å². The lowest BCUT2D eigenvalue weighted by molar-refractivity contribution is -0.696. The first-order valence-electron chi connectivity index (χ1n) is 25.4. The zero-order chi connectivity index (χ0) is 61.4. The first-order chi connectivity index (χ1) is 40.4. The van der Waals surface area contributed by atoms with Gasteiger partial charge in [0.25, 0.3) is 35.8 Å². The Balaban J connectivity index is 0.858. The number of pyridine rings is 2. The SMILES string of the molecule is CC1(C)[C@H](NC(=O)/C(=N\O[C@@H](COc2ccc(-n3cc[n+](CCCN)c3)nc2)C(=O)O)c2csc(N)n2)C(=O)N1OS(=O)(=O)ON1C(=O)[C@@H](NC(=O)/C(=N\O[C@@H](COc2ccc(-n3cc[n+](CCCN)c3)nc2)C(=O)O)c2csc(N)n2)C1(C)C. The maximum Gasteiger partial charge on any atom is 0.442 e. The monoisotopic (exact) mass is 1240 g/mol. The molecule has 0 saturated carbocycles. The fourth-order valence-corrected chi connectivity index (χ4v) is 10.0. The molecule has 6 aromatic heterocycles. The number of oxime groups is 2. The summed E-state index contributed by atoms with van der Waals surface area (Å²) in [5.41, 5.74) is 17.8. The van der Waals surface area contributed by atoms with E-state index in [1.54, 1.807) is 45.8 Å². The molecular formula is C48H58N18O16S3+2. The van der Waals surface area contributed by atoms with Gasteiger partial charge in [-0.2, -0.15) is 27.7 Å². The second-order valence-corrected chi connectivity index (χ2v) is 22.5. The molecule has 0 aliphatic carbocycles. The number of nitrogens with one attached hydrogen (secondary N) is 2. The Labute approximate surface area is 490 Å². The first-order valence-corrected chi connectivity index (χ1v) is 28.5. The number of carbonyl (C=O) groups excluding carboxylic acids is 4. The summed E-state index contributed by atoms with van der Waals surface area (Å²) >= 11 is 1.79. The number of β-lactam (4-membered cyclic amide) rings is 2. The van der Waals surface area contributed by atoms with Crippen molar-refractivity contribution in [2.75, 3.05) is 37.8 Å². The fraction of sp³-hybridized carbons (Fsp3) is 0.375. The molecule has 85 heavy (non-hydrogen) atoms. The van der Waals surface area contributed by atoms with Crippen molar-refractivity contribution in [1.82, 2.24) is 49.8 Å². The van der Waals surface area contributed by atoms with Gasteiger partial charge in [0, 0.05) is 22.9 Å². The number of hydroxylamine groups is 4. The third kappa shape index (κ3) is 14.6. The Hall–Kier alpha value is -9.27. The Morgan fingerprint density at radius 2 is 1.09 bits per heavy atom. The highest BCUT2D eigenvalue weighted by molar-refractivity contribution is 7.81. The van der Waals surface area contributed by atoms with Gasteiger partial charge in [-0.05, 0) is 65.8 Å². The number of carbonyl (C=O) groups is 6. The highest BCUT2D eigenvalue weighted by Gasteiger charge is 2.61. The van der Waals surface area contributed by atoms with Gasteiger partial charge in [-0.3, -0.25) is 19.2 Å². The number of nitrogens with two attached hydrogens (primary N) is 4. The minimum Gasteiger partial charge on any atom is -0.487 e. The third-order valence-electron chi connectivity index (χ3n) is 12.7. The largest absolute Gasteiger partial charge is 0.487 e. The van der Waals surface area contributed by atoms with Crippen molar-refractivity contribution in [3.63, 3.8) is 0 Å². The Morgan fingerprint density at radius 1 is 0.694 bits per heavy atom. The lowest BCUT2D eigenvalue weighted by Crippen LogP contribution is -2.78. The van der Waals surface area contributed by atoms with Crippen LogP contribution in [0.5, 0.6) is 11.5 Å². The third-order valence-corrected chi connectivity index (χ3v) is 14.7. The molecule has 6 aromatic rings. The molecular weight excluding hydrogens is 1180 g/mol. The van der Waals surface area contributed by atoms with E-state index < -0.39 is 106 Å². The lowest BCUT2D eigenvalue weighted by Gasteiger charge is -2.52. The van der Waals surface area contributed by atoms with Gasteiger partial charge < -0.3 is 62.9 Å². The van der Waals surface area contributed by atoms with Gasteiger partial charge in [0.15, 0.2) is 21.7 Å². The standard InChI is InChI=1S/C48H56N18O16S3/c1-47(2)37(57-39(67)35(29-23-83-45(51)55-29)59-79-31(43(71)72)21-77-27-7-9-33(53-19-27)63-17-15-61(25-63)13-5-11-49)41(69)65(47)81-85(75,76)82-66-42(70)38(48(66,3)4)58-40(68)36(30-24-84-46(52)56-30)60-80-32(44(73)74)22-78-28-8-10-34(54-20-28)64-18-16-62(26-64)14-6-12-50/h7-10,15-20,23-26,31-32,37-38H,5-6,11-14,21-22,49-50H2,1-4H3,(H6-2,51,52,55,56,57,58,67,68,71,72,73,74)/p+2/b59-35-,60-36-/t31-,32-,37+,38+/m0/s1. The number of carboxylic acids is 2. The van der Waals surface area contributed by atoms with Crippen LogP contribution in [0.15, 0.2) is 95.2 Å². The zero-order valence-corrected chi connectivity index (χ0v) is 48.0. The Kier molecular flexibility index (Phi) is 19.0. The van der Waals surface area contributed by atoms with Gasteiger partial charge in [0.1, 0.15) is 73.0 Å². The molecule has 34 nitrogen and oxygen atoms in total. The molecule has 4 atom stereocenters. The van der Waals surface area contributed by atoms with Crippen molar-refractivity contribution < 1.29 is 84.2 Å². The topological polar surface area (TPSA) is 461 Å². The van der Waals surface area contributed by atoms with Crippen molar-refractivity contribution in [1.29, 1.82) is 0 Å². The van der Waals surface area contributed by atoms with Crippen molar-refractivity contribution in [2.24, 2.45) is 21.8 Å². The van der Waals surface area contributed by atoms with Crippen LogP contribution in [-0.2, 0) is 70.5 Å². The molecule has 0 radical (unpaired) electrons. The number of imidazole rings is 2. The van der Waals surface area contributed by atoms with Crippen molar-refractivity contribution in [3.05, 3.63) is 96.2 Å². The Morgan fingerprint density at radius 3 is 1.41 bits per heavy atom. The Bertz CT molecular complexity index is 3380. The van der Waals surface area contributed by atoms with Crippen molar-refractivity contribution in [3.8, 4) is 23.1 Å². The van der Waals surface area contributed by atoms with E-state index in [2.05, 4.69) is 40.9 Å². The molecule has 4 amide bonds. The maximum atomic E-state index is 13.8. The van der Waals surface area contributed by atoms with Gasteiger partial charge in [-0.1, -0.05) is 10.3 Å². The predicted octanol–water partition coefficient (Wildman–Crippen LogP) is -2.07. The van der Waals surface area contributed by atoms with E-state index in [9.17, 15) is 47.4 Å². The highest BCUT2D eigenvalue weighted by atomic mass is 32.3. The molecule has 0 spiro atoms. The molecule has 37 heteroatoms. The summed E-state index contributed by atoms with van der Waals surface area (Å²) in [4.78, 5) is 107. The number of aromatic nitrogens is 8. The summed E-state index contributed by atoms with van der Waals surface area (Å²) in [7, 11) is -5.37. The molecule has 0 bridgehead atoms. The summed E-state index contributed by atoms with van der Waals surface area (Å²) in [5, 5.41) is 35.5. The summed E-state index contributed by atoms with van der Waals surface area (Å²) in [5.74, 6) is -6.19. The van der Waals surface area contributed by atoms with Gasteiger partial charge in [-0.15, -0.1) is 31.2 Å². The number of anilines is 2. The highest BCUT2D eigenvalue weighted by Crippen LogP contribution is 2.37. The van der Waals surface area contributed by atoms with Crippen LogP contribution in [0.3, 0.4) is 0 Å². The number of amides is 4. The lowest BCUT2D eigenvalue weighted by atomic mass is 9.84. The number of hydrogen-bond donors (Lipinski definition) is 8. The molecule has 2 fully saturated rings. The van der Waals surface area contributed by atoms with Gasteiger partial charge >= 0.3 is 22.3 Å². The van der Waals surface area contributed by atoms with Gasteiger partial charge in [0.05, 0.1) is 36.6 Å². The minimum atomic E-state index is -5.37. The molecule has 452 valence electrons. The van der Waals surface area contributed by atoms with E-state index in [1.165, 1.54) is 50.8 Å². The van der Waals surface area contributed by atoms with Gasteiger partial charge in [0.2, 0.25) is 24.3 Å². The van der Waals surface area contributed by atoms with E-state index in [1.807, 2.05) is 34.2 Å². The molecule has 2 saturated heterocycles. The number of carboxylic acid groups (broad SMARTS) is 2. The number of rotatable bonds is 30. The number of nitrogens with zero attached hydrogens (tertiary/aromatic N) is 12. The smallest absolute Gasteiger partial charge is 0.442 e. The van der Waals surface area contributed by atoms with Crippen LogP contribution in [0.4, 0.5) is 10.3 Å². The van der Waals surface area contributed by atoms with Crippen LogP contribution in [0.1, 0.15) is 51.9 Å². The second-order valence-electron chi connectivity index (χ2n) is 19.6. The van der Waals surface area contributed by atoms with E-state index in [4.69, 9.17) is 50.7 Å². The van der Waals surface area contributed by atoms with Crippen molar-refractivity contribution in [2.45, 2.75) is 89.0 Å². The maximum absolute atomic E-state index is 13.8. The number of aliphatic carboxylic acids is 2. The van der Waals surface area contributed by atoms with Crippen LogP contribution >= 0.6 is 22.7 Å². The number of aryl methyl sites for hydroxylation is 2.